The van der Waals surface area contributed by atoms with E-state index in [1.165, 1.54) is 0 Å². The Morgan fingerprint density at radius 2 is 0.609 bits per heavy atom. The number of hydrogen-bond donors (Lipinski definition) is 2. The summed E-state index contributed by atoms with van der Waals surface area (Å²) in [6.45, 7) is 11.6. The number of nitrogens with one attached hydrogen (secondary N) is 1. The first-order chi connectivity index (χ1) is 22.7. The smallest absolute Gasteiger partial charge is 0.305 e. The van der Waals surface area contributed by atoms with Gasteiger partial charge in [-0.05, 0) is 0 Å². The normalized spacial score (nSPS) is 11.3. The second-order valence-electron chi connectivity index (χ2n) is 8.98. The van der Waals surface area contributed by atoms with Gasteiger partial charge in [0, 0.05) is 6.54 Å². The molecule has 0 aromatic heterocycles. The van der Waals surface area contributed by atoms with Crippen LogP contribution in [0.25, 0.3) is 0 Å². The number of halogens is 1. The molecule has 2 N–H and O–H groups in total. The van der Waals surface area contributed by atoms with Crippen molar-refractivity contribution in [2.24, 2.45) is 0 Å². The van der Waals surface area contributed by atoms with Crippen LogP contribution in [-0.2, 0) is 66.4 Å². The topological polar surface area (TPSA) is 177 Å². The van der Waals surface area contributed by atoms with Crippen LogP contribution in [0, 0.1) is 0 Å². The molecular formula is C29H56INO15. The van der Waals surface area contributed by atoms with Crippen LogP contribution in [0.1, 0.15) is 6.42 Å². The van der Waals surface area contributed by atoms with Gasteiger partial charge >= 0.3 is 5.97 Å². The molecule has 0 aliphatic carbocycles. The lowest BCUT2D eigenvalue weighted by Crippen LogP contribution is -2.28. The van der Waals surface area contributed by atoms with Crippen LogP contribution in [0.3, 0.4) is 0 Å². The van der Waals surface area contributed by atoms with E-state index >= 15 is 0 Å². The molecule has 0 saturated carbocycles. The highest BCUT2D eigenvalue weighted by molar-refractivity contribution is 14.1. The Morgan fingerprint density at radius 1 is 0.391 bits per heavy atom. The molecule has 0 rings (SSSR count). The van der Waals surface area contributed by atoms with Gasteiger partial charge in [-0.3, -0.25) is 9.59 Å². The third-order valence-corrected chi connectivity index (χ3v) is 5.94. The number of carbonyl (C=O) groups is 2. The molecule has 0 aromatic carbocycles. The summed E-state index contributed by atoms with van der Waals surface area (Å²) in [5.41, 5.74) is 0. The van der Waals surface area contributed by atoms with Gasteiger partial charge in [0.05, 0.1) is 169 Å². The molecule has 0 bridgehead atoms. The van der Waals surface area contributed by atoms with Gasteiger partial charge in [0.15, 0.2) is 0 Å². The highest BCUT2D eigenvalue weighted by Crippen LogP contribution is 1.88. The second kappa shape index (κ2) is 40.4. The molecule has 0 heterocycles. The molecule has 274 valence electrons. The number of carboxylic acids is 1. The zero-order valence-electron chi connectivity index (χ0n) is 27.1. The van der Waals surface area contributed by atoms with Crippen molar-refractivity contribution in [1.82, 2.24) is 5.32 Å². The van der Waals surface area contributed by atoms with Crippen molar-refractivity contribution in [3.05, 3.63) is 0 Å². The van der Waals surface area contributed by atoms with Crippen LogP contribution >= 0.6 is 22.6 Å². The maximum atomic E-state index is 11.1. The summed E-state index contributed by atoms with van der Waals surface area (Å²) < 4.78 is 65.2. The van der Waals surface area contributed by atoms with Crippen LogP contribution in [-0.4, -0.2) is 187 Å². The monoisotopic (exact) mass is 785 g/mol. The van der Waals surface area contributed by atoms with E-state index in [4.69, 9.17) is 61.9 Å². The fraction of sp³-hybridized carbons (Fsp3) is 0.931. The standard InChI is InChI=1S/C29H56INO15/c30-27-28(32)31-2-4-36-6-8-38-10-12-40-14-16-42-18-20-44-22-24-46-26-25-45-23-21-43-19-17-41-15-13-39-11-9-37-7-5-35-3-1-29(33)34/h1-27H2,(H,31,32)(H,33,34). The number of hydrogen-bond acceptors (Lipinski definition) is 14. The predicted octanol–water partition coefficient (Wildman–Crippen LogP) is 0.212. The average Bonchev–Trinajstić information content (AvgIpc) is 3.05. The minimum absolute atomic E-state index is 0.00494. The number of carboxylic acid groups (broad SMARTS) is 1. The van der Waals surface area contributed by atoms with Crippen molar-refractivity contribution < 1.29 is 71.5 Å². The Morgan fingerprint density at radius 3 is 0.826 bits per heavy atom. The molecule has 46 heavy (non-hydrogen) atoms. The van der Waals surface area contributed by atoms with Gasteiger partial charge in [-0.15, -0.1) is 0 Å². The molecule has 0 aliphatic heterocycles. The van der Waals surface area contributed by atoms with E-state index < -0.39 is 5.97 Å². The van der Waals surface area contributed by atoms with Gasteiger partial charge in [-0.1, -0.05) is 22.6 Å². The molecular weight excluding hydrogens is 729 g/mol. The van der Waals surface area contributed by atoms with Crippen molar-refractivity contribution in [3.8, 4) is 0 Å². The minimum atomic E-state index is -0.877. The lowest BCUT2D eigenvalue weighted by Gasteiger charge is -2.09. The van der Waals surface area contributed by atoms with Crippen molar-refractivity contribution >= 4 is 34.5 Å². The van der Waals surface area contributed by atoms with Crippen molar-refractivity contribution in [1.29, 1.82) is 0 Å². The van der Waals surface area contributed by atoms with Crippen LogP contribution in [0.15, 0.2) is 0 Å². The summed E-state index contributed by atoms with van der Waals surface area (Å²) in [4.78, 5) is 21.4. The first-order valence-corrected chi connectivity index (χ1v) is 17.2. The lowest BCUT2D eigenvalue weighted by molar-refractivity contribution is -0.138. The summed E-state index contributed by atoms with van der Waals surface area (Å²) in [6, 6.07) is 0. The first kappa shape index (κ1) is 45.2. The van der Waals surface area contributed by atoms with Gasteiger partial charge in [0.1, 0.15) is 0 Å². The summed E-state index contributed by atoms with van der Waals surface area (Å²) in [5, 5.41) is 11.2. The van der Waals surface area contributed by atoms with E-state index in [1.54, 1.807) is 0 Å². The Hall–Kier alpha value is -0.810. The summed E-state index contributed by atoms with van der Waals surface area (Å²) in [7, 11) is 0. The molecule has 0 aliphatic rings. The van der Waals surface area contributed by atoms with Crippen LogP contribution < -0.4 is 5.32 Å². The van der Waals surface area contributed by atoms with Crippen LogP contribution in [0.2, 0.25) is 0 Å². The molecule has 1 amide bonds. The van der Waals surface area contributed by atoms with Crippen LogP contribution in [0.4, 0.5) is 0 Å². The molecule has 0 aromatic rings. The number of aliphatic carboxylic acids is 1. The Kier molecular flexibility index (Phi) is 39.7. The molecule has 0 spiro atoms. The first-order valence-electron chi connectivity index (χ1n) is 15.6. The fourth-order valence-corrected chi connectivity index (χ4v) is 3.26. The number of ether oxygens (including phenoxy) is 12. The summed E-state index contributed by atoms with van der Waals surface area (Å²) in [6.07, 6.45) is -0.00494. The van der Waals surface area contributed by atoms with Gasteiger partial charge in [-0.25, -0.2) is 0 Å². The van der Waals surface area contributed by atoms with Gasteiger partial charge in [-0.2, -0.15) is 0 Å². The minimum Gasteiger partial charge on any atom is -0.481 e. The molecule has 0 fully saturated rings. The van der Waals surface area contributed by atoms with Gasteiger partial charge < -0.3 is 67.3 Å². The molecule has 0 saturated heterocycles. The van der Waals surface area contributed by atoms with Gasteiger partial charge in [0.25, 0.3) is 0 Å². The van der Waals surface area contributed by atoms with Gasteiger partial charge in [0.2, 0.25) is 5.91 Å². The number of rotatable bonds is 40. The van der Waals surface area contributed by atoms with Crippen LogP contribution in [0.5, 0.6) is 0 Å². The fourth-order valence-electron chi connectivity index (χ4n) is 2.99. The van der Waals surface area contributed by atoms with E-state index in [0.29, 0.717) is 163 Å². The lowest BCUT2D eigenvalue weighted by atomic mass is 10.5. The largest absolute Gasteiger partial charge is 0.481 e. The van der Waals surface area contributed by atoms with Crippen molar-refractivity contribution in [3.63, 3.8) is 0 Å². The molecule has 17 heteroatoms. The molecule has 0 unspecified atom stereocenters. The maximum Gasteiger partial charge on any atom is 0.305 e. The molecule has 0 atom stereocenters. The quantitative estimate of drug-likeness (QED) is 0.0490. The average molecular weight is 786 g/mol. The van der Waals surface area contributed by atoms with E-state index in [1.807, 2.05) is 22.6 Å². The molecule has 0 radical (unpaired) electrons. The van der Waals surface area contributed by atoms with E-state index in [0.717, 1.165) is 0 Å². The summed E-state index contributed by atoms with van der Waals surface area (Å²) >= 11 is 2.01. The zero-order chi connectivity index (χ0) is 33.4. The highest BCUT2D eigenvalue weighted by Gasteiger charge is 1.99. The Balaban J connectivity index is 3.06. The second-order valence-corrected chi connectivity index (χ2v) is 9.74. The predicted molar refractivity (Wildman–Crippen MR) is 174 cm³/mol. The third kappa shape index (κ3) is 41.2. The van der Waals surface area contributed by atoms with E-state index in [9.17, 15) is 9.59 Å². The third-order valence-electron chi connectivity index (χ3n) is 5.24. The zero-order valence-corrected chi connectivity index (χ0v) is 29.3. The van der Waals surface area contributed by atoms with E-state index in [-0.39, 0.29) is 18.9 Å². The summed E-state index contributed by atoms with van der Waals surface area (Å²) in [5.74, 6) is -0.868. The number of carbonyl (C=O) groups excluding carboxylic acids is 1. The Bertz CT molecular complexity index is 639. The van der Waals surface area contributed by atoms with Crippen molar-refractivity contribution in [2.75, 3.05) is 170 Å². The number of alkyl halides is 1. The maximum absolute atomic E-state index is 11.1. The van der Waals surface area contributed by atoms with E-state index in [2.05, 4.69) is 5.32 Å². The van der Waals surface area contributed by atoms with Crippen molar-refractivity contribution in [2.45, 2.75) is 6.42 Å². The SMILES string of the molecule is O=C(O)CCOCCOCCOCCOCCOCCOCCOCCOCCOCCOCCOCCOCCNC(=O)CI. The molecule has 16 nitrogen and oxygen atoms in total. The number of amides is 1. The highest BCUT2D eigenvalue weighted by atomic mass is 127. The Labute approximate surface area is 286 Å².